The molecular formula is C13H13ClN2O2S. The number of nitrogens with two attached hydrogens (primary N) is 1. The van der Waals surface area contributed by atoms with Crippen LogP contribution >= 0.6 is 11.6 Å². The Morgan fingerprint density at radius 1 is 1.05 bits per heavy atom. The van der Waals surface area contributed by atoms with Gasteiger partial charge in [-0.25, -0.2) is 13.1 Å². The highest BCUT2D eigenvalue weighted by Crippen LogP contribution is 2.16. The fraction of sp³-hybridized carbons (Fsp3) is 0.0769. The Morgan fingerprint density at radius 2 is 1.68 bits per heavy atom. The predicted octanol–water partition coefficient (Wildman–Crippen LogP) is 2.40. The summed E-state index contributed by atoms with van der Waals surface area (Å²) in [5.74, 6) is 0. The molecule has 0 bridgehead atoms. The van der Waals surface area contributed by atoms with Crippen LogP contribution in [-0.4, -0.2) is 8.42 Å². The highest BCUT2D eigenvalue weighted by molar-refractivity contribution is 7.89. The van der Waals surface area contributed by atoms with Crippen LogP contribution in [0.15, 0.2) is 53.4 Å². The van der Waals surface area contributed by atoms with E-state index < -0.39 is 10.0 Å². The number of benzene rings is 2. The molecule has 2 aromatic carbocycles. The van der Waals surface area contributed by atoms with Gasteiger partial charge in [0.1, 0.15) is 0 Å². The van der Waals surface area contributed by atoms with Crippen LogP contribution in [0.3, 0.4) is 0 Å². The number of hydrogen-bond acceptors (Lipinski definition) is 3. The van der Waals surface area contributed by atoms with Crippen molar-refractivity contribution in [2.75, 3.05) is 5.73 Å². The van der Waals surface area contributed by atoms with Crippen molar-refractivity contribution in [3.05, 3.63) is 59.1 Å². The van der Waals surface area contributed by atoms with E-state index in [1.54, 1.807) is 36.4 Å². The van der Waals surface area contributed by atoms with Crippen molar-refractivity contribution in [3.63, 3.8) is 0 Å². The van der Waals surface area contributed by atoms with Gasteiger partial charge in [0.2, 0.25) is 10.0 Å². The van der Waals surface area contributed by atoms with Gasteiger partial charge in [-0.15, -0.1) is 0 Å². The first kappa shape index (κ1) is 13.9. The summed E-state index contributed by atoms with van der Waals surface area (Å²) in [7, 11) is -3.56. The lowest BCUT2D eigenvalue weighted by Gasteiger charge is -2.08. The summed E-state index contributed by atoms with van der Waals surface area (Å²) in [5.41, 5.74) is 6.77. The van der Waals surface area contributed by atoms with Crippen molar-refractivity contribution >= 4 is 27.3 Å². The first-order valence-electron chi connectivity index (χ1n) is 5.58. The first-order chi connectivity index (χ1) is 8.99. The average molecular weight is 297 g/mol. The standard InChI is InChI=1S/C13H13ClN2O2S/c14-13-4-2-1-3-10(13)9-16-19(17,18)12-7-5-11(15)6-8-12/h1-8,16H,9,15H2. The van der Waals surface area contributed by atoms with Gasteiger partial charge < -0.3 is 5.73 Å². The van der Waals surface area contributed by atoms with E-state index in [0.29, 0.717) is 10.7 Å². The van der Waals surface area contributed by atoms with Crippen molar-refractivity contribution in [1.82, 2.24) is 4.72 Å². The number of halogens is 1. The van der Waals surface area contributed by atoms with Crippen LogP contribution in [0.5, 0.6) is 0 Å². The largest absolute Gasteiger partial charge is 0.399 e. The van der Waals surface area contributed by atoms with E-state index in [1.165, 1.54) is 12.1 Å². The first-order valence-corrected chi connectivity index (χ1v) is 7.44. The monoisotopic (exact) mass is 296 g/mol. The molecule has 0 saturated heterocycles. The molecular weight excluding hydrogens is 284 g/mol. The summed E-state index contributed by atoms with van der Waals surface area (Å²) in [6, 6.07) is 13.1. The lowest BCUT2D eigenvalue weighted by atomic mass is 10.2. The van der Waals surface area contributed by atoms with Gasteiger partial charge in [-0.05, 0) is 35.9 Å². The Hall–Kier alpha value is -1.56. The predicted molar refractivity (Wildman–Crippen MR) is 76.3 cm³/mol. The van der Waals surface area contributed by atoms with Crippen molar-refractivity contribution in [3.8, 4) is 0 Å². The molecule has 0 radical (unpaired) electrons. The third-order valence-corrected chi connectivity index (χ3v) is 4.39. The second-order valence-corrected chi connectivity index (χ2v) is 6.16. The van der Waals surface area contributed by atoms with Crippen molar-refractivity contribution in [2.24, 2.45) is 0 Å². The maximum atomic E-state index is 12.0. The molecule has 3 N–H and O–H groups in total. The Balaban J connectivity index is 2.14. The zero-order valence-electron chi connectivity index (χ0n) is 10.0. The SMILES string of the molecule is Nc1ccc(S(=O)(=O)NCc2ccccc2Cl)cc1. The van der Waals surface area contributed by atoms with Crippen LogP contribution in [0.25, 0.3) is 0 Å². The zero-order valence-corrected chi connectivity index (χ0v) is 11.6. The van der Waals surface area contributed by atoms with E-state index in [9.17, 15) is 8.42 Å². The summed E-state index contributed by atoms with van der Waals surface area (Å²) in [6.07, 6.45) is 0. The second-order valence-electron chi connectivity index (χ2n) is 3.98. The number of sulfonamides is 1. The molecule has 0 fully saturated rings. The van der Waals surface area contributed by atoms with E-state index in [-0.39, 0.29) is 11.4 Å². The van der Waals surface area contributed by atoms with Gasteiger partial charge in [0, 0.05) is 17.3 Å². The summed E-state index contributed by atoms with van der Waals surface area (Å²) in [6.45, 7) is 0.145. The molecule has 0 amide bonds. The van der Waals surface area contributed by atoms with E-state index >= 15 is 0 Å². The lowest BCUT2D eigenvalue weighted by molar-refractivity contribution is 0.581. The van der Waals surface area contributed by atoms with Gasteiger partial charge in [0.15, 0.2) is 0 Å². The minimum Gasteiger partial charge on any atom is -0.399 e. The summed E-state index contributed by atoms with van der Waals surface area (Å²) < 4.78 is 26.6. The molecule has 0 aliphatic rings. The van der Waals surface area contributed by atoms with Gasteiger partial charge in [-0.1, -0.05) is 29.8 Å². The van der Waals surface area contributed by atoms with E-state index in [4.69, 9.17) is 17.3 Å². The maximum Gasteiger partial charge on any atom is 0.240 e. The quantitative estimate of drug-likeness (QED) is 0.851. The molecule has 0 aliphatic carbocycles. The number of nitrogen functional groups attached to an aromatic ring is 1. The average Bonchev–Trinajstić information content (AvgIpc) is 2.38. The third kappa shape index (κ3) is 3.47. The van der Waals surface area contributed by atoms with Crippen LogP contribution < -0.4 is 10.5 Å². The smallest absolute Gasteiger partial charge is 0.240 e. The van der Waals surface area contributed by atoms with Crippen molar-refractivity contribution in [1.29, 1.82) is 0 Å². The Bertz CT molecular complexity index is 669. The highest BCUT2D eigenvalue weighted by atomic mass is 35.5. The molecule has 0 saturated carbocycles. The summed E-state index contributed by atoms with van der Waals surface area (Å²) >= 11 is 5.97. The maximum absolute atomic E-state index is 12.0. The molecule has 2 rings (SSSR count). The van der Waals surface area contributed by atoms with Gasteiger partial charge in [0.25, 0.3) is 0 Å². The number of rotatable bonds is 4. The van der Waals surface area contributed by atoms with Crippen LogP contribution in [0.2, 0.25) is 5.02 Å². The topological polar surface area (TPSA) is 72.2 Å². The summed E-state index contributed by atoms with van der Waals surface area (Å²) in [5, 5.41) is 0.530. The normalized spacial score (nSPS) is 11.4. The van der Waals surface area contributed by atoms with Crippen LogP contribution in [0.1, 0.15) is 5.56 Å². The molecule has 0 aliphatic heterocycles. The third-order valence-electron chi connectivity index (χ3n) is 2.60. The van der Waals surface area contributed by atoms with Crippen LogP contribution in [0.4, 0.5) is 5.69 Å². The fourth-order valence-corrected chi connectivity index (χ4v) is 2.75. The van der Waals surface area contributed by atoms with Gasteiger partial charge >= 0.3 is 0 Å². The van der Waals surface area contributed by atoms with Gasteiger partial charge in [-0.3, -0.25) is 0 Å². The number of anilines is 1. The molecule has 2 aromatic rings. The summed E-state index contributed by atoms with van der Waals surface area (Å²) in [4.78, 5) is 0.175. The number of hydrogen-bond donors (Lipinski definition) is 2. The van der Waals surface area contributed by atoms with E-state index in [2.05, 4.69) is 4.72 Å². The zero-order chi connectivity index (χ0) is 13.9. The van der Waals surface area contributed by atoms with Crippen LogP contribution in [-0.2, 0) is 16.6 Å². The molecule has 4 nitrogen and oxygen atoms in total. The Labute approximate surface area is 117 Å². The van der Waals surface area contributed by atoms with Gasteiger partial charge in [-0.2, -0.15) is 0 Å². The molecule has 19 heavy (non-hydrogen) atoms. The molecule has 0 atom stereocenters. The second kappa shape index (κ2) is 5.61. The Kier molecular flexibility index (Phi) is 4.09. The highest BCUT2D eigenvalue weighted by Gasteiger charge is 2.13. The number of nitrogens with one attached hydrogen (secondary N) is 1. The van der Waals surface area contributed by atoms with E-state index in [1.807, 2.05) is 0 Å². The van der Waals surface area contributed by atoms with Crippen LogP contribution in [0, 0.1) is 0 Å². The molecule has 0 aromatic heterocycles. The minimum absolute atomic E-state index is 0.145. The molecule has 0 heterocycles. The fourth-order valence-electron chi connectivity index (χ4n) is 1.54. The van der Waals surface area contributed by atoms with Crippen molar-refractivity contribution < 1.29 is 8.42 Å². The molecule has 6 heteroatoms. The molecule has 100 valence electrons. The van der Waals surface area contributed by atoms with Crippen molar-refractivity contribution in [2.45, 2.75) is 11.4 Å². The Morgan fingerprint density at radius 3 is 2.32 bits per heavy atom. The van der Waals surface area contributed by atoms with E-state index in [0.717, 1.165) is 5.56 Å². The molecule has 0 spiro atoms. The lowest BCUT2D eigenvalue weighted by Crippen LogP contribution is -2.23. The van der Waals surface area contributed by atoms with Gasteiger partial charge in [0.05, 0.1) is 4.90 Å². The molecule has 0 unspecified atom stereocenters. The minimum atomic E-state index is -3.56.